The molecule has 0 aliphatic heterocycles. The summed E-state index contributed by atoms with van der Waals surface area (Å²) in [6.45, 7) is 0. The molecule has 0 saturated carbocycles. The summed E-state index contributed by atoms with van der Waals surface area (Å²) in [5, 5.41) is 2.46. The minimum absolute atomic E-state index is 0.977. The van der Waals surface area contributed by atoms with Crippen molar-refractivity contribution in [2.75, 3.05) is 0 Å². The maximum absolute atomic E-state index is 4.76. The summed E-state index contributed by atoms with van der Waals surface area (Å²) in [6.07, 6.45) is 3.64. The first-order valence-corrected chi connectivity index (χ1v) is 6.59. The summed E-state index contributed by atoms with van der Waals surface area (Å²) in [5.41, 5.74) is 3.18. The lowest BCUT2D eigenvalue weighted by Crippen LogP contribution is -1.93. The molecule has 2 heterocycles. The predicted molar refractivity (Wildman–Crippen MR) is 81.5 cm³/mol. The van der Waals surface area contributed by atoms with Crippen molar-refractivity contribution in [2.24, 2.45) is 7.05 Å². The zero-order valence-corrected chi connectivity index (χ0v) is 11.1. The third kappa shape index (κ3) is 1.53. The molecule has 0 unspecified atom stereocenters. The molecule has 0 aliphatic rings. The normalized spacial score (nSPS) is 11.2. The Kier molecular flexibility index (Phi) is 2.33. The Balaban J connectivity index is 2.09. The Bertz CT molecular complexity index is 916. The quantitative estimate of drug-likeness (QED) is 0.520. The third-order valence-electron chi connectivity index (χ3n) is 3.71. The number of pyridine rings is 1. The van der Waals surface area contributed by atoms with Crippen molar-refractivity contribution in [3.63, 3.8) is 0 Å². The molecule has 0 aliphatic carbocycles. The van der Waals surface area contributed by atoms with E-state index < -0.39 is 0 Å². The van der Waals surface area contributed by atoms with Crippen molar-refractivity contribution in [1.29, 1.82) is 0 Å². The van der Waals surface area contributed by atoms with Gasteiger partial charge in [0.2, 0.25) is 0 Å². The van der Waals surface area contributed by atoms with Gasteiger partial charge in [-0.05, 0) is 16.8 Å². The highest BCUT2D eigenvalue weighted by atomic mass is 15.1. The monoisotopic (exact) mass is 259 g/mol. The molecule has 0 radical (unpaired) electrons. The van der Waals surface area contributed by atoms with Crippen LogP contribution < -0.4 is 0 Å². The van der Waals surface area contributed by atoms with Crippen LogP contribution in [-0.2, 0) is 7.05 Å². The Labute approximate surface area is 116 Å². The average molecular weight is 259 g/mol. The van der Waals surface area contributed by atoms with Crippen molar-refractivity contribution in [1.82, 2.24) is 14.5 Å². The van der Waals surface area contributed by atoms with Crippen molar-refractivity contribution in [2.45, 2.75) is 0 Å². The summed E-state index contributed by atoms with van der Waals surface area (Å²) < 4.78 is 2.10. The second kappa shape index (κ2) is 4.17. The molecule has 4 aromatic rings. The van der Waals surface area contributed by atoms with Gasteiger partial charge in [-0.15, -0.1) is 0 Å². The molecule has 20 heavy (non-hydrogen) atoms. The molecular weight excluding hydrogens is 246 g/mol. The van der Waals surface area contributed by atoms with Gasteiger partial charge in [0, 0.05) is 18.8 Å². The summed E-state index contributed by atoms with van der Waals surface area (Å²) >= 11 is 0. The van der Waals surface area contributed by atoms with Gasteiger partial charge in [-0.1, -0.05) is 42.5 Å². The van der Waals surface area contributed by atoms with Gasteiger partial charge < -0.3 is 4.57 Å². The van der Waals surface area contributed by atoms with E-state index in [4.69, 9.17) is 4.98 Å². The molecule has 0 bridgehead atoms. The van der Waals surface area contributed by atoms with E-state index in [0.29, 0.717) is 0 Å². The lowest BCUT2D eigenvalue weighted by molar-refractivity contribution is 0.958. The van der Waals surface area contributed by atoms with Gasteiger partial charge in [-0.25, -0.2) is 4.98 Å². The number of nitrogens with zero attached hydrogens (tertiary/aromatic N) is 3. The molecule has 0 atom stereocenters. The summed E-state index contributed by atoms with van der Waals surface area (Å²) in [4.78, 5) is 8.94. The van der Waals surface area contributed by atoms with Crippen molar-refractivity contribution < 1.29 is 0 Å². The van der Waals surface area contributed by atoms with E-state index in [2.05, 4.69) is 52.0 Å². The summed E-state index contributed by atoms with van der Waals surface area (Å²) in [6, 6.07) is 16.7. The number of rotatable bonds is 1. The van der Waals surface area contributed by atoms with E-state index >= 15 is 0 Å². The lowest BCUT2D eigenvalue weighted by Gasteiger charge is -2.06. The summed E-state index contributed by atoms with van der Waals surface area (Å²) in [5.74, 6) is 0.977. The highest BCUT2D eigenvalue weighted by Gasteiger charge is 2.11. The maximum atomic E-state index is 4.76. The van der Waals surface area contributed by atoms with Crippen molar-refractivity contribution in [3.8, 4) is 11.4 Å². The van der Waals surface area contributed by atoms with Crippen molar-refractivity contribution in [3.05, 3.63) is 60.9 Å². The van der Waals surface area contributed by atoms with Crippen molar-refractivity contribution >= 4 is 21.8 Å². The molecule has 3 nitrogen and oxygen atoms in total. The van der Waals surface area contributed by atoms with Gasteiger partial charge in [0.25, 0.3) is 0 Å². The molecule has 4 rings (SSSR count). The molecule has 2 aromatic carbocycles. The number of hydrogen-bond acceptors (Lipinski definition) is 2. The number of hydrogen-bond donors (Lipinski definition) is 0. The fraction of sp³-hybridized carbons (Fsp3) is 0.0588. The van der Waals surface area contributed by atoms with Crippen LogP contribution in [0.1, 0.15) is 0 Å². The van der Waals surface area contributed by atoms with Crippen LogP contribution in [0.2, 0.25) is 0 Å². The van der Waals surface area contributed by atoms with Crippen LogP contribution in [0, 0.1) is 0 Å². The first-order chi connectivity index (χ1) is 9.84. The molecule has 0 amide bonds. The summed E-state index contributed by atoms with van der Waals surface area (Å²) in [7, 11) is 2.04. The van der Waals surface area contributed by atoms with E-state index in [9.17, 15) is 0 Å². The van der Waals surface area contributed by atoms with E-state index in [1.807, 2.05) is 19.3 Å². The van der Waals surface area contributed by atoms with Crippen LogP contribution in [0.25, 0.3) is 33.2 Å². The largest absolute Gasteiger partial charge is 0.326 e. The first kappa shape index (κ1) is 11.2. The Hall–Kier alpha value is -2.68. The highest BCUT2D eigenvalue weighted by Crippen LogP contribution is 2.29. The zero-order valence-electron chi connectivity index (χ0n) is 11.1. The van der Waals surface area contributed by atoms with E-state index in [0.717, 1.165) is 22.4 Å². The number of aryl methyl sites for hydroxylation is 1. The molecular formula is C17H13N3. The molecule has 96 valence electrons. The molecule has 0 N–H and O–H groups in total. The Morgan fingerprint density at radius 3 is 2.70 bits per heavy atom. The van der Waals surface area contributed by atoms with Crippen LogP contribution in [0.5, 0.6) is 0 Å². The van der Waals surface area contributed by atoms with Crippen LogP contribution in [0.15, 0.2) is 60.9 Å². The topological polar surface area (TPSA) is 30.7 Å². The van der Waals surface area contributed by atoms with Gasteiger partial charge in [-0.3, -0.25) is 4.98 Å². The van der Waals surface area contributed by atoms with Crippen LogP contribution in [-0.4, -0.2) is 14.5 Å². The van der Waals surface area contributed by atoms with E-state index in [-0.39, 0.29) is 0 Å². The van der Waals surface area contributed by atoms with Gasteiger partial charge in [-0.2, -0.15) is 0 Å². The highest BCUT2D eigenvalue weighted by molar-refractivity contribution is 5.96. The maximum Gasteiger partial charge on any atom is 0.141 e. The minimum atomic E-state index is 0.977. The third-order valence-corrected chi connectivity index (χ3v) is 3.71. The smallest absolute Gasteiger partial charge is 0.141 e. The van der Waals surface area contributed by atoms with Gasteiger partial charge >= 0.3 is 0 Å². The zero-order chi connectivity index (χ0) is 13.5. The Morgan fingerprint density at radius 2 is 1.80 bits per heavy atom. The predicted octanol–water partition coefficient (Wildman–Crippen LogP) is 3.79. The fourth-order valence-corrected chi connectivity index (χ4v) is 2.70. The number of imidazole rings is 1. The lowest BCUT2D eigenvalue weighted by atomic mass is 10.0. The fourth-order valence-electron chi connectivity index (χ4n) is 2.70. The van der Waals surface area contributed by atoms with Gasteiger partial charge in [0.15, 0.2) is 0 Å². The second-order valence-electron chi connectivity index (χ2n) is 4.89. The number of benzene rings is 2. The first-order valence-electron chi connectivity index (χ1n) is 6.59. The number of fused-ring (bicyclic) bond motifs is 2. The second-order valence-corrected chi connectivity index (χ2v) is 4.89. The SMILES string of the molecule is Cn1c(-c2cccc3ccccc23)nc2ccncc21. The number of aromatic nitrogens is 3. The molecule has 2 aromatic heterocycles. The van der Waals surface area contributed by atoms with Gasteiger partial charge in [0.05, 0.1) is 17.2 Å². The average Bonchev–Trinajstić information content (AvgIpc) is 2.84. The van der Waals surface area contributed by atoms with Crippen LogP contribution in [0.3, 0.4) is 0 Å². The standard InChI is InChI=1S/C17H13N3/c1-20-16-11-18-10-9-15(16)19-17(20)14-8-4-6-12-5-2-3-7-13(12)14/h2-11H,1H3. The molecule has 0 spiro atoms. The Morgan fingerprint density at radius 1 is 0.950 bits per heavy atom. The molecule has 3 heteroatoms. The van der Waals surface area contributed by atoms with E-state index in [1.54, 1.807) is 6.20 Å². The van der Waals surface area contributed by atoms with Crippen LogP contribution >= 0.6 is 0 Å². The minimum Gasteiger partial charge on any atom is -0.326 e. The van der Waals surface area contributed by atoms with E-state index in [1.165, 1.54) is 10.8 Å². The van der Waals surface area contributed by atoms with Crippen LogP contribution in [0.4, 0.5) is 0 Å². The molecule has 0 fully saturated rings. The van der Waals surface area contributed by atoms with Gasteiger partial charge in [0.1, 0.15) is 5.82 Å². The molecule has 0 saturated heterocycles.